The van der Waals surface area contributed by atoms with E-state index in [4.69, 9.17) is 10.6 Å². The zero-order valence-electron chi connectivity index (χ0n) is 8.79. The molecule has 0 saturated carbocycles. The van der Waals surface area contributed by atoms with Crippen LogP contribution in [0.3, 0.4) is 0 Å². The van der Waals surface area contributed by atoms with Crippen LogP contribution in [0.15, 0.2) is 24.3 Å². The summed E-state index contributed by atoms with van der Waals surface area (Å²) in [6.07, 6.45) is 1.03. The number of nitrogens with two attached hydrogens (primary N) is 1. The van der Waals surface area contributed by atoms with Gasteiger partial charge in [-0.1, -0.05) is 19.1 Å². The summed E-state index contributed by atoms with van der Waals surface area (Å²) >= 11 is 0. The van der Waals surface area contributed by atoms with Crippen LogP contribution in [-0.4, -0.2) is 6.61 Å². The van der Waals surface area contributed by atoms with Crippen LogP contribution >= 0.6 is 0 Å². The Morgan fingerprint density at radius 3 is 2.50 bits per heavy atom. The third kappa shape index (κ3) is 3.01. The molecule has 78 valence electrons. The molecule has 1 aromatic carbocycles. The van der Waals surface area contributed by atoms with Crippen molar-refractivity contribution < 1.29 is 4.74 Å². The summed E-state index contributed by atoms with van der Waals surface area (Å²) in [6, 6.07) is 8.16. The van der Waals surface area contributed by atoms with Gasteiger partial charge in [-0.15, -0.1) is 0 Å². The Morgan fingerprint density at radius 1 is 1.36 bits per heavy atom. The molecule has 0 aliphatic rings. The SMILES string of the molecule is CCCOc1ccc([C@H](C)NN)cc1. The molecule has 0 spiro atoms. The standard InChI is InChI=1S/C11H18N2O/c1-3-8-14-11-6-4-10(5-7-11)9(2)13-12/h4-7,9,13H,3,8,12H2,1-2H3/t9-/m0/s1. The van der Waals surface area contributed by atoms with Crippen molar-refractivity contribution in [2.75, 3.05) is 6.61 Å². The smallest absolute Gasteiger partial charge is 0.119 e. The highest BCUT2D eigenvalue weighted by molar-refractivity contribution is 5.28. The lowest BCUT2D eigenvalue weighted by atomic mass is 10.1. The second kappa shape index (κ2) is 5.62. The molecule has 1 atom stereocenters. The highest BCUT2D eigenvalue weighted by Crippen LogP contribution is 2.16. The molecule has 0 aromatic heterocycles. The number of nitrogens with one attached hydrogen (secondary N) is 1. The van der Waals surface area contributed by atoms with Crippen molar-refractivity contribution in [1.82, 2.24) is 5.43 Å². The Kier molecular flexibility index (Phi) is 4.43. The van der Waals surface area contributed by atoms with Crippen LogP contribution in [0, 0.1) is 0 Å². The fraction of sp³-hybridized carbons (Fsp3) is 0.455. The summed E-state index contributed by atoms with van der Waals surface area (Å²) in [5.74, 6) is 6.26. The number of benzene rings is 1. The van der Waals surface area contributed by atoms with Crippen LogP contribution in [0.25, 0.3) is 0 Å². The summed E-state index contributed by atoms with van der Waals surface area (Å²) in [6.45, 7) is 4.88. The minimum Gasteiger partial charge on any atom is -0.494 e. The maximum Gasteiger partial charge on any atom is 0.119 e. The van der Waals surface area contributed by atoms with Gasteiger partial charge in [0, 0.05) is 6.04 Å². The van der Waals surface area contributed by atoms with E-state index in [0.29, 0.717) is 0 Å². The molecule has 1 rings (SSSR count). The van der Waals surface area contributed by atoms with Gasteiger partial charge in [-0.3, -0.25) is 11.3 Å². The number of hydrogen-bond acceptors (Lipinski definition) is 3. The minimum absolute atomic E-state index is 0.176. The molecule has 0 saturated heterocycles. The van der Waals surface area contributed by atoms with E-state index in [2.05, 4.69) is 12.3 Å². The molecule has 3 N–H and O–H groups in total. The first-order valence-electron chi connectivity index (χ1n) is 4.96. The van der Waals surface area contributed by atoms with Crippen molar-refractivity contribution in [3.8, 4) is 5.75 Å². The van der Waals surface area contributed by atoms with E-state index in [-0.39, 0.29) is 6.04 Å². The van der Waals surface area contributed by atoms with Crippen molar-refractivity contribution in [2.45, 2.75) is 26.3 Å². The van der Waals surface area contributed by atoms with Crippen molar-refractivity contribution in [3.63, 3.8) is 0 Å². The summed E-state index contributed by atoms with van der Waals surface area (Å²) in [7, 11) is 0. The molecule has 0 amide bonds. The minimum atomic E-state index is 0.176. The average Bonchev–Trinajstić information content (AvgIpc) is 2.26. The van der Waals surface area contributed by atoms with Gasteiger partial charge in [-0.2, -0.15) is 0 Å². The molecule has 3 heteroatoms. The second-order valence-electron chi connectivity index (χ2n) is 3.31. The molecule has 3 nitrogen and oxygen atoms in total. The van der Waals surface area contributed by atoms with Crippen LogP contribution < -0.4 is 16.0 Å². The van der Waals surface area contributed by atoms with E-state index >= 15 is 0 Å². The molecule has 1 aromatic rings. The van der Waals surface area contributed by atoms with E-state index in [9.17, 15) is 0 Å². The normalized spacial score (nSPS) is 12.5. The summed E-state index contributed by atoms with van der Waals surface area (Å²) in [4.78, 5) is 0. The molecule has 0 aliphatic carbocycles. The molecular weight excluding hydrogens is 176 g/mol. The van der Waals surface area contributed by atoms with E-state index in [0.717, 1.165) is 24.3 Å². The Morgan fingerprint density at radius 2 is 2.00 bits per heavy atom. The van der Waals surface area contributed by atoms with Gasteiger partial charge in [-0.25, -0.2) is 0 Å². The molecule has 0 bridgehead atoms. The number of hydrazine groups is 1. The van der Waals surface area contributed by atoms with Crippen molar-refractivity contribution in [1.29, 1.82) is 0 Å². The Bertz CT molecular complexity index is 258. The predicted octanol–water partition coefficient (Wildman–Crippen LogP) is 2.00. The molecule has 0 fully saturated rings. The van der Waals surface area contributed by atoms with Crippen LogP contribution in [0.4, 0.5) is 0 Å². The van der Waals surface area contributed by atoms with Gasteiger partial charge in [0.05, 0.1) is 6.61 Å². The molecule has 0 heterocycles. The van der Waals surface area contributed by atoms with Crippen molar-refractivity contribution in [3.05, 3.63) is 29.8 Å². The third-order valence-electron chi connectivity index (χ3n) is 2.10. The van der Waals surface area contributed by atoms with Gasteiger partial charge in [0.25, 0.3) is 0 Å². The van der Waals surface area contributed by atoms with Gasteiger partial charge < -0.3 is 4.74 Å². The van der Waals surface area contributed by atoms with Crippen molar-refractivity contribution in [2.24, 2.45) is 5.84 Å². The fourth-order valence-electron chi connectivity index (χ4n) is 1.17. The largest absolute Gasteiger partial charge is 0.494 e. The summed E-state index contributed by atoms with van der Waals surface area (Å²) in [5.41, 5.74) is 3.87. The number of hydrogen-bond donors (Lipinski definition) is 2. The lowest BCUT2D eigenvalue weighted by Crippen LogP contribution is -2.25. The van der Waals surface area contributed by atoms with Crippen LogP contribution in [-0.2, 0) is 0 Å². The average molecular weight is 194 g/mol. The van der Waals surface area contributed by atoms with Crippen LogP contribution in [0.5, 0.6) is 5.75 Å². The third-order valence-corrected chi connectivity index (χ3v) is 2.10. The van der Waals surface area contributed by atoms with Gasteiger partial charge >= 0.3 is 0 Å². The highest BCUT2D eigenvalue weighted by Gasteiger charge is 2.01. The lowest BCUT2D eigenvalue weighted by molar-refractivity contribution is 0.317. The van der Waals surface area contributed by atoms with E-state index in [1.54, 1.807) is 0 Å². The predicted molar refractivity (Wildman–Crippen MR) is 58.0 cm³/mol. The number of ether oxygens (including phenoxy) is 1. The van der Waals surface area contributed by atoms with Gasteiger partial charge in [-0.05, 0) is 31.0 Å². The maximum absolute atomic E-state index is 5.47. The zero-order valence-corrected chi connectivity index (χ0v) is 8.79. The molecule has 14 heavy (non-hydrogen) atoms. The quantitative estimate of drug-likeness (QED) is 0.556. The van der Waals surface area contributed by atoms with Crippen LogP contribution in [0.2, 0.25) is 0 Å². The first-order valence-corrected chi connectivity index (χ1v) is 4.96. The Labute approximate surface area is 85.2 Å². The first kappa shape index (κ1) is 11.0. The Balaban J connectivity index is 2.59. The first-order chi connectivity index (χ1) is 6.77. The topological polar surface area (TPSA) is 47.3 Å². The summed E-state index contributed by atoms with van der Waals surface area (Å²) < 4.78 is 5.47. The van der Waals surface area contributed by atoms with Gasteiger partial charge in [0.1, 0.15) is 5.75 Å². The fourth-order valence-corrected chi connectivity index (χ4v) is 1.17. The summed E-state index contributed by atoms with van der Waals surface area (Å²) in [5, 5.41) is 0. The van der Waals surface area contributed by atoms with Crippen molar-refractivity contribution >= 4 is 0 Å². The second-order valence-corrected chi connectivity index (χ2v) is 3.31. The van der Waals surface area contributed by atoms with E-state index < -0.39 is 0 Å². The molecule has 0 radical (unpaired) electrons. The molecule has 0 aliphatic heterocycles. The van der Waals surface area contributed by atoms with E-state index in [1.165, 1.54) is 0 Å². The zero-order chi connectivity index (χ0) is 10.4. The highest BCUT2D eigenvalue weighted by atomic mass is 16.5. The lowest BCUT2D eigenvalue weighted by Gasteiger charge is -2.11. The maximum atomic E-state index is 5.47. The van der Waals surface area contributed by atoms with Gasteiger partial charge in [0.2, 0.25) is 0 Å². The number of rotatable bonds is 5. The molecule has 0 unspecified atom stereocenters. The molecular formula is C11H18N2O. The Hall–Kier alpha value is -1.06. The van der Waals surface area contributed by atoms with Gasteiger partial charge in [0.15, 0.2) is 0 Å². The van der Waals surface area contributed by atoms with E-state index in [1.807, 2.05) is 31.2 Å². The van der Waals surface area contributed by atoms with Crippen LogP contribution in [0.1, 0.15) is 31.9 Å². The monoisotopic (exact) mass is 194 g/mol.